The number of nitrogens with zero attached hydrogens (tertiary/aromatic N) is 3. The molecule has 1 N–H and O–H groups in total. The predicted molar refractivity (Wildman–Crippen MR) is 59.3 cm³/mol. The van der Waals surface area contributed by atoms with Crippen molar-refractivity contribution in [2.75, 3.05) is 18.8 Å². The molecule has 0 fully saturated rings. The van der Waals surface area contributed by atoms with Gasteiger partial charge in [0, 0.05) is 12.7 Å². The van der Waals surface area contributed by atoms with E-state index in [1.165, 1.54) is 6.92 Å². The Morgan fingerprint density at radius 1 is 1.38 bits per heavy atom. The largest absolute Gasteiger partial charge is 0.344 e. The van der Waals surface area contributed by atoms with Gasteiger partial charge in [0.05, 0.1) is 12.1 Å². The number of hydrogen-bond acceptors (Lipinski definition) is 5. The van der Waals surface area contributed by atoms with Crippen molar-refractivity contribution in [1.82, 2.24) is 10.2 Å². The van der Waals surface area contributed by atoms with Crippen LogP contribution in [0.15, 0.2) is 0 Å². The zero-order chi connectivity index (χ0) is 12.6. The number of thiol groups is 1. The number of carbonyl (C=O) groups excluding carboxylic acids is 2. The fraction of sp³-hybridized carbons (Fsp3) is 0.556. The van der Waals surface area contributed by atoms with Crippen LogP contribution >= 0.6 is 12.6 Å². The summed E-state index contributed by atoms with van der Waals surface area (Å²) in [5.74, 6) is -0.722. The Kier molecular flexibility index (Phi) is 6.73. The summed E-state index contributed by atoms with van der Waals surface area (Å²) in [6.45, 7) is 0.912. The molecule has 0 heterocycles. The van der Waals surface area contributed by atoms with Crippen molar-refractivity contribution in [2.24, 2.45) is 0 Å². The van der Waals surface area contributed by atoms with Crippen LogP contribution < -0.4 is 5.32 Å². The second-order valence-corrected chi connectivity index (χ2v) is 3.31. The summed E-state index contributed by atoms with van der Waals surface area (Å²) in [6.07, 6.45) is 0. The molecule has 0 saturated carbocycles. The molecule has 1 unspecified atom stereocenters. The molecule has 6 nitrogen and oxygen atoms in total. The van der Waals surface area contributed by atoms with Crippen molar-refractivity contribution in [1.29, 1.82) is 10.5 Å². The summed E-state index contributed by atoms with van der Waals surface area (Å²) in [7, 11) is 0. The van der Waals surface area contributed by atoms with Crippen LogP contribution in [0.5, 0.6) is 0 Å². The van der Waals surface area contributed by atoms with Gasteiger partial charge in [0.1, 0.15) is 19.1 Å². The molecule has 0 saturated heterocycles. The Morgan fingerprint density at radius 2 is 1.88 bits per heavy atom. The summed E-state index contributed by atoms with van der Waals surface area (Å²) < 4.78 is 0. The van der Waals surface area contributed by atoms with Gasteiger partial charge in [-0.15, -0.1) is 0 Å². The Bertz CT molecular complexity index is 328. The van der Waals surface area contributed by atoms with Gasteiger partial charge in [-0.1, -0.05) is 0 Å². The van der Waals surface area contributed by atoms with Crippen molar-refractivity contribution in [3.8, 4) is 12.1 Å². The second kappa shape index (κ2) is 7.55. The van der Waals surface area contributed by atoms with Gasteiger partial charge in [-0.2, -0.15) is 23.2 Å². The number of rotatable bonds is 5. The third kappa shape index (κ3) is 4.67. The van der Waals surface area contributed by atoms with Gasteiger partial charge >= 0.3 is 0 Å². The highest BCUT2D eigenvalue weighted by Gasteiger charge is 2.23. The Labute approximate surface area is 99.2 Å². The lowest BCUT2D eigenvalue weighted by Gasteiger charge is -2.22. The zero-order valence-electron chi connectivity index (χ0n) is 8.80. The van der Waals surface area contributed by atoms with E-state index in [0.717, 1.165) is 4.90 Å². The van der Waals surface area contributed by atoms with Gasteiger partial charge < -0.3 is 10.2 Å². The normalized spacial score (nSPS) is 10.8. The fourth-order valence-corrected chi connectivity index (χ4v) is 1.28. The van der Waals surface area contributed by atoms with E-state index in [-0.39, 0.29) is 24.7 Å². The predicted octanol–water partition coefficient (Wildman–Crippen LogP) is -0.703. The van der Waals surface area contributed by atoms with E-state index >= 15 is 0 Å². The summed E-state index contributed by atoms with van der Waals surface area (Å²) in [5.41, 5.74) is 0. The molecule has 0 aliphatic heterocycles. The standard InChI is InChI=1S/C9H12N4O2S/c1-7(14)12-8(6-16)9(15)13(4-2-10)5-3-11/h8,16H,4-6H2,1H3,(H,12,14). The van der Waals surface area contributed by atoms with Crippen LogP contribution in [0, 0.1) is 22.7 Å². The van der Waals surface area contributed by atoms with Crippen LogP contribution in [-0.4, -0.2) is 41.6 Å². The van der Waals surface area contributed by atoms with Crippen LogP contribution in [0.2, 0.25) is 0 Å². The maximum absolute atomic E-state index is 11.7. The molecule has 0 aliphatic carbocycles. The summed E-state index contributed by atoms with van der Waals surface area (Å²) in [5, 5.41) is 19.4. The second-order valence-electron chi connectivity index (χ2n) is 2.95. The van der Waals surface area contributed by atoms with Crippen LogP contribution in [0.3, 0.4) is 0 Å². The number of nitriles is 2. The monoisotopic (exact) mass is 240 g/mol. The van der Waals surface area contributed by atoms with Crippen molar-refractivity contribution < 1.29 is 9.59 Å². The molecule has 0 bridgehead atoms. The van der Waals surface area contributed by atoms with Crippen molar-refractivity contribution in [3.05, 3.63) is 0 Å². The molecule has 0 aromatic rings. The molecule has 86 valence electrons. The smallest absolute Gasteiger partial charge is 0.247 e. The van der Waals surface area contributed by atoms with E-state index in [2.05, 4.69) is 17.9 Å². The first-order chi connectivity index (χ1) is 7.56. The molecule has 0 aromatic carbocycles. The molecule has 7 heteroatoms. The molecule has 0 aliphatic rings. The van der Waals surface area contributed by atoms with Gasteiger partial charge in [0.15, 0.2) is 0 Å². The Hall–Kier alpha value is -1.73. The highest BCUT2D eigenvalue weighted by atomic mass is 32.1. The van der Waals surface area contributed by atoms with Crippen LogP contribution in [-0.2, 0) is 9.59 Å². The lowest BCUT2D eigenvalue weighted by Crippen LogP contribution is -2.49. The van der Waals surface area contributed by atoms with Gasteiger partial charge in [-0.25, -0.2) is 0 Å². The average Bonchev–Trinajstić information content (AvgIpc) is 2.24. The lowest BCUT2D eigenvalue weighted by atomic mass is 10.2. The minimum Gasteiger partial charge on any atom is -0.344 e. The number of carbonyl (C=O) groups is 2. The van der Waals surface area contributed by atoms with E-state index in [4.69, 9.17) is 10.5 Å². The molecule has 0 rings (SSSR count). The number of hydrogen-bond donors (Lipinski definition) is 2. The van der Waals surface area contributed by atoms with Gasteiger partial charge in [-0.05, 0) is 0 Å². The summed E-state index contributed by atoms with van der Waals surface area (Å²) in [6, 6.07) is 2.76. The first-order valence-electron chi connectivity index (χ1n) is 4.47. The molecule has 0 radical (unpaired) electrons. The molecule has 0 aromatic heterocycles. The minimum atomic E-state index is -0.803. The lowest BCUT2D eigenvalue weighted by molar-refractivity contribution is -0.134. The third-order valence-corrected chi connectivity index (χ3v) is 2.06. The third-order valence-electron chi connectivity index (χ3n) is 1.69. The molecule has 0 spiro atoms. The van der Waals surface area contributed by atoms with E-state index in [1.807, 2.05) is 0 Å². The maximum atomic E-state index is 11.7. The molecule has 1 atom stereocenters. The van der Waals surface area contributed by atoms with E-state index in [0.29, 0.717) is 0 Å². The van der Waals surface area contributed by atoms with Gasteiger partial charge in [0.2, 0.25) is 11.8 Å². The van der Waals surface area contributed by atoms with Crippen LogP contribution in [0.4, 0.5) is 0 Å². The SMILES string of the molecule is CC(=O)NC(CS)C(=O)N(CC#N)CC#N. The average molecular weight is 240 g/mol. The summed E-state index contributed by atoms with van der Waals surface area (Å²) in [4.78, 5) is 23.6. The molecular weight excluding hydrogens is 228 g/mol. The Morgan fingerprint density at radius 3 is 2.19 bits per heavy atom. The molecule has 2 amide bonds. The van der Waals surface area contributed by atoms with E-state index < -0.39 is 11.9 Å². The van der Waals surface area contributed by atoms with Crippen molar-refractivity contribution >= 4 is 24.4 Å². The first kappa shape index (κ1) is 14.3. The molecular formula is C9H12N4O2S. The van der Waals surface area contributed by atoms with Crippen LogP contribution in [0.25, 0.3) is 0 Å². The highest BCUT2D eigenvalue weighted by Crippen LogP contribution is 1.97. The van der Waals surface area contributed by atoms with Crippen molar-refractivity contribution in [2.45, 2.75) is 13.0 Å². The molecule has 16 heavy (non-hydrogen) atoms. The number of amides is 2. The van der Waals surface area contributed by atoms with Gasteiger partial charge in [-0.3, -0.25) is 9.59 Å². The van der Waals surface area contributed by atoms with E-state index in [9.17, 15) is 9.59 Å². The maximum Gasteiger partial charge on any atom is 0.247 e. The highest BCUT2D eigenvalue weighted by molar-refractivity contribution is 7.80. The minimum absolute atomic E-state index is 0.117. The van der Waals surface area contributed by atoms with Crippen molar-refractivity contribution in [3.63, 3.8) is 0 Å². The van der Waals surface area contributed by atoms with Gasteiger partial charge in [0.25, 0.3) is 0 Å². The first-order valence-corrected chi connectivity index (χ1v) is 5.10. The van der Waals surface area contributed by atoms with E-state index in [1.54, 1.807) is 12.1 Å². The topological polar surface area (TPSA) is 97.0 Å². The summed E-state index contributed by atoms with van der Waals surface area (Å²) >= 11 is 3.93. The zero-order valence-corrected chi connectivity index (χ0v) is 9.70. The fourth-order valence-electron chi connectivity index (χ4n) is 1.03. The van der Waals surface area contributed by atoms with Crippen LogP contribution in [0.1, 0.15) is 6.92 Å². The quantitative estimate of drug-likeness (QED) is 0.490. The number of nitrogens with one attached hydrogen (secondary N) is 1. The Balaban J connectivity index is 4.62.